The molecule has 1 aromatic rings. The molecule has 0 N–H and O–H groups in total. The lowest BCUT2D eigenvalue weighted by Crippen LogP contribution is -2.47. The van der Waals surface area contributed by atoms with Crippen molar-refractivity contribution in [3.8, 4) is 0 Å². The topological polar surface area (TPSA) is 9.23 Å². The lowest BCUT2D eigenvalue weighted by atomic mass is 9.53. The molecule has 0 heterocycles. The summed E-state index contributed by atoms with van der Waals surface area (Å²) in [6.45, 7) is 12.5. The molecule has 1 aromatic carbocycles. The number of hydrogen-bond donors (Lipinski definition) is 0. The molecular formula is C17H24O. The van der Waals surface area contributed by atoms with Gasteiger partial charge in [0.2, 0.25) is 0 Å². The van der Waals surface area contributed by atoms with Gasteiger partial charge in [-0.3, -0.25) is 0 Å². The summed E-state index contributed by atoms with van der Waals surface area (Å²) in [4.78, 5) is 0. The molecule has 1 heteroatoms. The summed E-state index contributed by atoms with van der Waals surface area (Å²) in [6, 6.07) is 10.4. The number of hydrogen-bond acceptors (Lipinski definition) is 1. The Labute approximate surface area is 111 Å². The van der Waals surface area contributed by atoms with Gasteiger partial charge in [-0.2, -0.15) is 0 Å². The summed E-state index contributed by atoms with van der Waals surface area (Å²) >= 11 is 0. The molecule has 0 bridgehead atoms. The lowest BCUT2D eigenvalue weighted by molar-refractivity contribution is -0.0593. The average molecular weight is 244 g/mol. The first-order chi connectivity index (χ1) is 8.51. The Morgan fingerprint density at radius 2 is 2.00 bits per heavy atom. The fourth-order valence-electron chi connectivity index (χ4n) is 3.03. The molecule has 2 atom stereocenters. The zero-order chi connectivity index (χ0) is 13.2. The zero-order valence-corrected chi connectivity index (χ0v) is 11.8. The van der Waals surface area contributed by atoms with E-state index in [0.717, 1.165) is 13.2 Å². The molecule has 1 fully saturated rings. The van der Waals surface area contributed by atoms with E-state index in [9.17, 15) is 0 Å². The largest absolute Gasteiger partial charge is 0.376 e. The molecule has 1 aliphatic rings. The van der Waals surface area contributed by atoms with Crippen LogP contribution in [0.15, 0.2) is 42.5 Å². The molecule has 2 unspecified atom stereocenters. The molecule has 0 aliphatic heterocycles. The second-order valence-electron chi connectivity index (χ2n) is 6.15. The van der Waals surface area contributed by atoms with Crippen LogP contribution in [-0.4, -0.2) is 6.61 Å². The van der Waals surface area contributed by atoms with Crippen molar-refractivity contribution < 1.29 is 4.74 Å². The molecule has 0 saturated heterocycles. The van der Waals surface area contributed by atoms with Gasteiger partial charge in [-0.05, 0) is 36.2 Å². The zero-order valence-electron chi connectivity index (χ0n) is 11.8. The number of ether oxygens (including phenoxy) is 1. The average Bonchev–Trinajstić information content (AvgIpc) is 2.33. The van der Waals surface area contributed by atoms with Crippen molar-refractivity contribution in [2.75, 3.05) is 6.61 Å². The lowest BCUT2D eigenvalue weighted by Gasteiger charge is -2.52. The van der Waals surface area contributed by atoms with Crippen LogP contribution in [0, 0.1) is 17.3 Å². The Morgan fingerprint density at radius 1 is 1.33 bits per heavy atom. The van der Waals surface area contributed by atoms with E-state index in [-0.39, 0.29) is 0 Å². The van der Waals surface area contributed by atoms with Gasteiger partial charge in [-0.25, -0.2) is 0 Å². The second kappa shape index (κ2) is 5.27. The standard InChI is InChI=1S/C17H24O/c1-13(2)16-10-15(17(16,3)4)12-18-11-14-8-6-5-7-9-14/h5-9,15-16H,1,10-12H2,2-4H3. The van der Waals surface area contributed by atoms with Crippen LogP contribution in [0.25, 0.3) is 0 Å². The number of benzene rings is 1. The van der Waals surface area contributed by atoms with Crippen molar-refractivity contribution in [2.45, 2.75) is 33.8 Å². The molecule has 2 rings (SSSR count). The van der Waals surface area contributed by atoms with Crippen molar-refractivity contribution in [1.29, 1.82) is 0 Å². The van der Waals surface area contributed by atoms with Crippen molar-refractivity contribution in [3.05, 3.63) is 48.0 Å². The van der Waals surface area contributed by atoms with E-state index < -0.39 is 0 Å². The summed E-state index contributed by atoms with van der Waals surface area (Å²) in [5, 5.41) is 0. The Balaban J connectivity index is 1.78. The summed E-state index contributed by atoms with van der Waals surface area (Å²) in [6.07, 6.45) is 1.23. The van der Waals surface area contributed by atoms with Crippen LogP contribution in [-0.2, 0) is 11.3 Å². The summed E-state index contributed by atoms with van der Waals surface area (Å²) in [5.41, 5.74) is 2.92. The van der Waals surface area contributed by atoms with Gasteiger partial charge in [0, 0.05) is 0 Å². The van der Waals surface area contributed by atoms with Crippen LogP contribution in [0.2, 0.25) is 0 Å². The number of rotatable bonds is 5. The van der Waals surface area contributed by atoms with E-state index in [0.29, 0.717) is 17.3 Å². The molecular weight excluding hydrogens is 220 g/mol. The molecule has 0 radical (unpaired) electrons. The predicted molar refractivity (Wildman–Crippen MR) is 76.3 cm³/mol. The Bertz CT molecular complexity index is 405. The highest BCUT2D eigenvalue weighted by Crippen LogP contribution is 2.54. The van der Waals surface area contributed by atoms with Gasteiger partial charge in [0.15, 0.2) is 0 Å². The van der Waals surface area contributed by atoms with Gasteiger partial charge < -0.3 is 4.74 Å². The molecule has 0 aromatic heterocycles. The minimum Gasteiger partial charge on any atom is -0.376 e. The van der Waals surface area contributed by atoms with E-state index in [1.54, 1.807) is 0 Å². The highest BCUT2D eigenvalue weighted by Gasteiger charge is 2.47. The van der Waals surface area contributed by atoms with Gasteiger partial charge in [0.05, 0.1) is 13.2 Å². The normalized spacial score (nSPS) is 25.5. The molecule has 98 valence electrons. The molecule has 0 spiro atoms. The molecule has 1 saturated carbocycles. The van der Waals surface area contributed by atoms with E-state index in [4.69, 9.17) is 4.74 Å². The summed E-state index contributed by atoms with van der Waals surface area (Å²) in [7, 11) is 0. The van der Waals surface area contributed by atoms with Crippen molar-refractivity contribution in [3.63, 3.8) is 0 Å². The minimum absolute atomic E-state index is 0.350. The Kier molecular flexibility index (Phi) is 3.91. The summed E-state index contributed by atoms with van der Waals surface area (Å²) in [5.74, 6) is 1.34. The van der Waals surface area contributed by atoms with Gasteiger partial charge in [0.1, 0.15) is 0 Å². The van der Waals surface area contributed by atoms with E-state index in [1.165, 1.54) is 17.6 Å². The Morgan fingerprint density at radius 3 is 2.56 bits per heavy atom. The SMILES string of the molecule is C=C(C)C1CC(COCc2ccccc2)C1(C)C. The third kappa shape index (κ3) is 2.67. The van der Waals surface area contributed by atoms with Crippen LogP contribution in [0.5, 0.6) is 0 Å². The van der Waals surface area contributed by atoms with E-state index in [2.05, 4.69) is 51.6 Å². The molecule has 18 heavy (non-hydrogen) atoms. The van der Waals surface area contributed by atoms with Crippen LogP contribution >= 0.6 is 0 Å². The Hall–Kier alpha value is -1.08. The van der Waals surface area contributed by atoms with Crippen LogP contribution in [0.3, 0.4) is 0 Å². The van der Waals surface area contributed by atoms with Crippen molar-refractivity contribution >= 4 is 0 Å². The van der Waals surface area contributed by atoms with Gasteiger partial charge >= 0.3 is 0 Å². The van der Waals surface area contributed by atoms with Gasteiger partial charge in [0.25, 0.3) is 0 Å². The predicted octanol–water partition coefficient (Wildman–Crippen LogP) is 4.44. The quantitative estimate of drug-likeness (QED) is 0.696. The smallest absolute Gasteiger partial charge is 0.0717 e. The van der Waals surface area contributed by atoms with Crippen LogP contribution < -0.4 is 0 Å². The third-order valence-electron chi connectivity index (χ3n) is 4.50. The minimum atomic E-state index is 0.350. The van der Waals surface area contributed by atoms with Gasteiger partial charge in [-0.15, -0.1) is 0 Å². The first-order valence-corrected chi connectivity index (χ1v) is 6.79. The van der Waals surface area contributed by atoms with E-state index in [1.807, 2.05) is 6.07 Å². The third-order valence-corrected chi connectivity index (χ3v) is 4.50. The van der Waals surface area contributed by atoms with Crippen LogP contribution in [0.4, 0.5) is 0 Å². The maximum Gasteiger partial charge on any atom is 0.0717 e. The summed E-state index contributed by atoms with van der Waals surface area (Å²) < 4.78 is 5.86. The molecule has 1 nitrogen and oxygen atoms in total. The maximum atomic E-state index is 5.86. The van der Waals surface area contributed by atoms with E-state index >= 15 is 0 Å². The first-order valence-electron chi connectivity index (χ1n) is 6.79. The highest BCUT2D eigenvalue weighted by atomic mass is 16.5. The molecule has 1 aliphatic carbocycles. The monoisotopic (exact) mass is 244 g/mol. The fraction of sp³-hybridized carbons (Fsp3) is 0.529. The van der Waals surface area contributed by atoms with Crippen molar-refractivity contribution in [1.82, 2.24) is 0 Å². The van der Waals surface area contributed by atoms with Crippen LogP contribution in [0.1, 0.15) is 32.8 Å². The van der Waals surface area contributed by atoms with Crippen molar-refractivity contribution in [2.24, 2.45) is 17.3 Å². The maximum absolute atomic E-state index is 5.86. The second-order valence-corrected chi connectivity index (χ2v) is 6.15. The highest BCUT2D eigenvalue weighted by molar-refractivity contribution is 5.14. The fourth-order valence-corrected chi connectivity index (χ4v) is 3.03. The first kappa shape index (κ1) is 13.4. The number of allylic oxidation sites excluding steroid dienone is 1. The molecule has 0 amide bonds. The van der Waals surface area contributed by atoms with Gasteiger partial charge in [-0.1, -0.05) is 56.3 Å².